The van der Waals surface area contributed by atoms with Gasteiger partial charge in [0.15, 0.2) is 0 Å². The minimum absolute atomic E-state index is 0.205. The summed E-state index contributed by atoms with van der Waals surface area (Å²) in [5, 5.41) is 6.34. The molecule has 17 heavy (non-hydrogen) atoms. The Morgan fingerprint density at radius 3 is 2.94 bits per heavy atom. The van der Waals surface area contributed by atoms with Crippen molar-refractivity contribution in [3.63, 3.8) is 0 Å². The number of nitrogens with one attached hydrogen (secondary N) is 1. The number of nitrogens with zero attached hydrogens (tertiary/aromatic N) is 1. The highest BCUT2D eigenvalue weighted by Crippen LogP contribution is 2.37. The molecular formula is C12H20N2O2S. The summed E-state index contributed by atoms with van der Waals surface area (Å²) in [5.41, 5.74) is 0.891. The molecule has 0 radical (unpaired) electrons. The Labute approximate surface area is 106 Å². The van der Waals surface area contributed by atoms with E-state index in [1.165, 1.54) is 0 Å². The summed E-state index contributed by atoms with van der Waals surface area (Å²) in [6.45, 7) is 5.11. The van der Waals surface area contributed by atoms with Gasteiger partial charge < -0.3 is 14.8 Å². The fraction of sp³-hybridized carbons (Fsp3) is 0.750. The van der Waals surface area contributed by atoms with Crippen molar-refractivity contribution in [1.29, 1.82) is 0 Å². The largest absolute Gasteiger partial charge is 0.381 e. The highest BCUT2D eigenvalue weighted by molar-refractivity contribution is 7.09. The first kappa shape index (κ1) is 13.0. The van der Waals surface area contributed by atoms with Gasteiger partial charge in [0, 0.05) is 44.6 Å². The maximum atomic E-state index is 6.00. The molecule has 0 aromatic carbocycles. The van der Waals surface area contributed by atoms with Crippen molar-refractivity contribution in [1.82, 2.24) is 10.3 Å². The van der Waals surface area contributed by atoms with Crippen LogP contribution >= 0.6 is 11.3 Å². The lowest BCUT2D eigenvalue weighted by Gasteiger charge is -2.35. The van der Waals surface area contributed by atoms with E-state index in [0.717, 1.165) is 49.9 Å². The third kappa shape index (κ3) is 2.85. The van der Waals surface area contributed by atoms with Crippen molar-refractivity contribution in [2.75, 3.05) is 26.9 Å². The quantitative estimate of drug-likeness (QED) is 0.874. The maximum absolute atomic E-state index is 6.00. The van der Waals surface area contributed by atoms with Crippen molar-refractivity contribution in [3.05, 3.63) is 16.1 Å². The van der Waals surface area contributed by atoms with Gasteiger partial charge in [-0.15, -0.1) is 11.3 Å². The van der Waals surface area contributed by atoms with Gasteiger partial charge in [0.2, 0.25) is 0 Å². The molecule has 1 aromatic heterocycles. The van der Waals surface area contributed by atoms with Gasteiger partial charge in [-0.25, -0.2) is 4.98 Å². The Balaban J connectivity index is 2.18. The van der Waals surface area contributed by atoms with Crippen LogP contribution in [-0.4, -0.2) is 31.9 Å². The normalized spacial score (nSPS) is 19.4. The molecule has 0 saturated carbocycles. The van der Waals surface area contributed by atoms with Gasteiger partial charge in [0.1, 0.15) is 10.6 Å². The smallest absolute Gasteiger partial charge is 0.125 e. The molecule has 4 nitrogen and oxygen atoms in total. The summed E-state index contributed by atoms with van der Waals surface area (Å²) in [6, 6.07) is 0. The summed E-state index contributed by atoms with van der Waals surface area (Å²) >= 11 is 1.70. The Hall–Kier alpha value is -0.490. The molecule has 0 amide bonds. The Morgan fingerprint density at radius 2 is 2.29 bits per heavy atom. The van der Waals surface area contributed by atoms with Crippen LogP contribution in [0.15, 0.2) is 5.38 Å². The average Bonchev–Trinajstić information content (AvgIpc) is 2.80. The molecule has 0 atom stereocenters. The van der Waals surface area contributed by atoms with Gasteiger partial charge in [-0.2, -0.15) is 0 Å². The van der Waals surface area contributed by atoms with E-state index in [2.05, 4.69) is 15.7 Å². The van der Waals surface area contributed by atoms with Gasteiger partial charge in [-0.3, -0.25) is 0 Å². The highest BCUT2D eigenvalue weighted by atomic mass is 32.1. The zero-order chi connectivity index (χ0) is 12.1. The van der Waals surface area contributed by atoms with Crippen molar-refractivity contribution >= 4 is 11.3 Å². The molecule has 1 aliphatic heterocycles. The van der Waals surface area contributed by atoms with E-state index in [9.17, 15) is 0 Å². The maximum Gasteiger partial charge on any atom is 0.125 e. The third-order valence-corrected chi connectivity index (χ3v) is 4.10. The van der Waals surface area contributed by atoms with Crippen LogP contribution in [0, 0.1) is 0 Å². The summed E-state index contributed by atoms with van der Waals surface area (Å²) in [4.78, 5) is 4.69. The van der Waals surface area contributed by atoms with Crippen LogP contribution in [0.25, 0.3) is 0 Å². The Kier molecular flexibility index (Phi) is 4.50. The summed E-state index contributed by atoms with van der Waals surface area (Å²) in [7, 11) is 1.94. The van der Waals surface area contributed by atoms with Crippen LogP contribution in [0.1, 0.15) is 30.5 Å². The Morgan fingerprint density at radius 1 is 1.53 bits per heavy atom. The van der Waals surface area contributed by atoms with E-state index in [-0.39, 0.29) is 5.60 Å². The monoisotopic (exact) mass is 256 g/mol. The van der Waals surface area contributed by atoms with Crippen LogP contribution in [0.4, 0.5) is 0 Å². The lowest BCUT2D eigenvalue weighted by molar-refractivity contribution is -0.112. The molecule has 96 valence electrons. The van der Waals surface area contributed by atoms with Gasteiger partial charge in [0.25, 0.3) is 0 Å². The summed E-state index contributed by atoms with van der Waals surface area (Å²) in [5.74, 6) is 0. The average molecular weight is 256 g/mol. The van der Waals surface area contributed by atoms with E-state index >= 15 is 0 Å². The zero-order valence-electron chi connectivity index (χ0n) is 10.5. The van der Waals surface area contributed by atoms with E-state index in [1.807, 2.05) is 14.0 Å². The van der Waals surface area contributed by atoms with Crippen LogP contribution in [0.3, 0.4) is 0 Å². The van der Waals surface area contributed by atoms with Crippen LogP contribution in [-0.2, 0) is 21.6 Å². The van der Waals surface area contributed by atoms with Crippen molar-refractivity contribution in [2.24, 2.45) is 0 Å². The van der Waals surface area contributed by atoms with Gasteiger partial charge in [0.05, 0.1) is 5.69 Å². The predicted octanol–water partition coefficient (Wildman–Crippen LogP) is 1.90. The number of rotatable bonds is 5. The standard InChI is InChI=1S/C12H20N2O2S/c1-3-16-12(4-6-15-7-5-12)11-14-10(8-13-2)9-17-11/h9,13H,3-8H2,1-2H3. The number of aromatic nitrogens is 1. The van der Waals surface area contributed by atoms with E-state index in [0.29, 0.717) is 0 Å². The number of thiazole rings is 1. The first-order valence-corrected chi connectivity index (χ1v) is 7.00. The molecule has 1 aliphatic rings. The van der Waals surface area contributed by atoms with Crippen LogP contribution in [0.2, 0.25) is 0 Å². The lowest BCUT2D eigenvalue weighted by atomic mass is 9.95. The molecule has 0 bridgehead atoms. The van der Waals surface area contributed by atoms with Crippen LogP contribution < -0.4 is 5.32 Å². The molecule has 5 heteroatoms. The molecule has 0 spiro atoms. The summed E-state index contributed by atoms with van der Waals surface area (Å²) in [6.07, 6.45) is 1.82. The molecule has 1 N–H and O–H groups in total. The minimum atomic E-state index is -0.205. The predicted molar refractivity (Wildman–Crippen MR) is 68.2 cm³/mol. The molecule has 1 aromatic rings. The van der Waals surface area contributed by atoms with Crippen molar-refractivity contribution < 1.29 is 9.47 Å². The number of hydrogen-bond acceptors (Lipinski definition) is 5. The minimum Gasteiger partial charge on any atom is -0.381 e. The second kappa shape index (κ2) is 5.91. The molecule has 2 heterocycles. The second-order valence-corrected chi connectivity index (χ2v) is 5.07. The van der Waals surface area contributed by atoms with E-state index < -0.39 is 0 Å². The molecule has 1 fully saturated rings. The Bertz CT molecular complexity index is 343. The molecular weight excluding hydrogens is 236 g/mol. The van der Waals surface area contributed by atoms with Crippen LogP contribution in [0.5, 0.6) is 0 Å². The number of hydrogen-bond donors (Lipinski definition) is 1. The van der Waals surface area contributed by atoms with E-state index in [1.54, 1.807) is 11.3 Å². The van der Waals surface area contributed by atoms with Gasteiger partial charge >= 0.3 is 0 Å². The first-order valence-electron chi connectivity index (χ1n) is 6.12. The number of ether oxygens (including phenoxy) is 2. The summed E-state index contributed by atoms with van der Waals surface area (Å²) < 4.78 is 11.4. The second-order valence-electron chi connectivity index (χ2n) is 4.21. The van der Waals surface area contributed by atoms with Gasteiger partial charge in [-0.1, -0.05) is 0 Å². The molecule has 2 rings (SSSR count). The van der Waals surface area contributed by atoms with Crippen molar-refractivity contribution in [3.8, 4) is 0 Å². The third-order valence-electron chi connectivity index (χ3n) is 3.02. The molecule has 0 aliphatic carbocycles. The van der Waals surface area contributed by atoms with E-state index in [4.69, 9.17) is 9.47 Å². The lowest BCUT2D eigenvalue weighted by Crippen LogP contribution is -2.36. The SMILES string of the molecule is CCOC1(c2nc(CNC)cs2)CCOCC1. The fourth-order valence-corrected chi connectivity index (χ4v) is 3.21. The molecule has 0 unspecified atom stereocenters. The zero-order valence-corrected chi connectivity index (χ0v) is 11.3. The van der Waals surface area contributed by atoms with Gasteiger partial charge in [-0.05, 0) is 14.0 Å². The molecule has 1 saturated heterocycles. The van der Waals surface area contributed by atoms with Crippen molar-refractivity contribution in [2.45, 2.75) is 31.9 Å². The first-order chi connectivity index (χ1) is 8.30. The topological polar surface area (TPSA) is 43.4 Å². The fourth-order valence-electron chi connectivity index (χ4n) is 2.18. The highest BCUT2D eigenvalue weighted by Gasteiger charge is 2.37.